The monoisotopic (exact) mass is 268 g/mol. The van der Waals surface area contributed by atoms with Gasteiger partial charge in [-0.25, -0.2) is 0 Å². The summed E-state index contributed by atoms with van der Waals surface area (Å²) in [6.07, 6.45) is 0.0571. The molecule has 0 aliphatic heterocycles. The first kappa shape index (κ1) is 12.9. The summed E-state index contributed by atoms with van der Waals surface area (Å²) in [5.74, 6) is 0.0598. The van der Waals surface area contributed by atoms with E-state index in [0.29, 0.717) is 10.6 Å². The summed E-state index contributed by atoms with van der Waals surface area (Å²) in [7, 11) is 0. The normalized spacial score (nSPS) is 14.9. The van der Waals surface area contributed by atoms with Gasteiger partial charge in [-0.3, -0.25) is 4.57 Å². The van der Waals surface area contributed by atoms with Crippen LogP contribution in [0.25, 0.3) is 0 Å². The van der Waals surface area contributed by atoms with Gasteiger partial charge in [0.1, 0.15) is 5.75 Å². The zero-order chi connectivity index (χ0) is 11.5. The van der Waals surface area contributed by atoms with Crippen molar-refractivity contribution in [1.82, 2.24) is 0 Å². The van der Waals surface area contributed by atoms with Gasteiger partial charge in [0, 0.05) is 5.02 Å². The second-order valence-corrected chi connectivity index (χ2v) is 6.65. The van der Waals surface area contributed by atoms with E-state index in [1.807, 2.05) is 0 Å². The molecule has 0 aliphatic carbocycles. The Morgan fingerprint density at radius 3 is 2.73 bits per heavy atom. The van der Waals surface area contributed by atoms with Crippen LogP contribution in [-0.4, -0.2) is 11.7 Å². The number of aromatic hydroxyl groups is 1. The van der Waals surface area contributed by atoms with E-state index < -0.39 is 6.72 Å². The second kappa shape index (κ2) is 5.22. The second-order valence-electron chi connectivity index (χ2n) is 2.94. The number of phenolic OH excluding ortho intramolecular Hbond substituents is 1. The molecule has 1 aromatic rings. The predicted molar refractivity (Wildman–Crippen MR) is 61.9 cm³/mol. The van der Waals surface area contributed by atoms with E-state index in [2.05, 4.69) is 0 Å². The Bertz CT molecular complexity index is 395. The van der Waals surface area contributed by atoms with Gasteiger partial charge in [0.15, 0.2) is 0 Å². The van der Waals surface area contributed by atoms with Crippen molar-refractivity contribution in [2.45, 2.75) is 13.1 Å². The minimum atomic E-state index is -3.15. The summed E-state index contributed by atoms with van der Waals surface area (Å²) < 4.78 is 16.6. The van der Waals surface area contributed by atoms with Crippen molar-refractivity contribution >= 4 is 29.6 Å². The third-order valence-corrected chi connectivity index (χ3v) is 4.08. The van der Waals surface area contributed by atoms with E-state index in [9.17, 15) is 4.57 Å². The third kappa shape index (κ3) is 4.04. The SMILES string of the molecule is CCOP(=O)(Cl)Cc1ccc(O)cc1Cl. The van der Waals surface area contributed by atoms with Gasteiger partial charge in [-0.15, -0.1) is 0 Å². The highest BCUT2D eigenvalue weighted by atomic mass is 35.7. The molecule has 1 atom stereocenters. The van der Waals surface area contributed by atoms with Crippen LogP contribution in [0.2, 0.25) is 5.02 Å². The first-order valence-corrected chi connectivity index (χ1v) is 7.44. The molecule has 1 N–H and O–H groups in total. The topological polar surface area (TPSA) is 46.5 Å². The molecule has 0 bridgehead atoms. The Morgan fingerprint density at radius 2 is 2.20 bits per heavy atom. The molecule has 0 saturated carbocycles. The molecule has 0 saturated heterocycles. The van der Waals surface area contributed by atoms with Crippen LogP contribution in [0.1, 0.15) is 12.5 Å². The molecule has 0 fully saturated rings. The maximum atomic E-state index is 11.6. The van der Waals surface area contributed by atoms with Crippen molar-refractivity contribution in [1.29, 1.82) is 0 Å². The van der Waals surface area contributed by atoms with E-state index in [0.717, 1.165) is 0 Å². The van der Waals surface area contributed by atoms with Crippen molar-refractivity contribution in [3.05, 3.63) is 28.8 Å². The summed E-state index contributed by atoms with van der Waals surface area (Å²) in [5, 5.41) is 9.45. The molecule has 0 radical (unpaired) electrons. The lowest BCUT2D eigenvalue weighted by atomic mass is 10.2. The van der Waals surface area contributed by atoms with Crippen LogP contribution in [0.5, 0.6) is 5.75 Å². The van der Waals surface area contributed by atoms with E-state index in [1.165, 1.54) is 12.1 Å². The fourth-order valence-electron chi connectivity index (χ4n) is 1.11. The molecule has 0 amide bonds. The van der Waals surface area contributed by atoms with Crippen molar-refractivity contribution in [3.63, 3.8) is 0 Å². The number of hydrogen-bond acceptors (Lipinski definition) is 3. The van der Waals surface area contributed by atoms with Gasteiger partial charge in [0.25, 0.3) is 6.72 Å². The highest BCUT2D eigenvalue weighted by molar-refractivity contribution is 7.84. The average Bonchev–Trinajstić information content (AvgIpc) is 2.09. The van der Waals surface area contributed by atoms with Crippen LogP contribution < -0.4 is 0 Å². The molecule has 0 spiro atoms. The lowest BCUT2D eigenvalue weighted by molar-refractivity contribution is 0.344. The Balaban J connectivity index is 2.85. The number of halogens is 2. The maximum absolute atomic E-state index is 11.6. The lowest BCUT2D eigenvalue weighted by Gasteiger charge is -2.11. The minimum absolute atomic E-state index is 0.0571. The van der Waals surface area contributed by atoms with Crippen LogP contribution >= 0.6 is 29.6 Å². The highest BCUT2D eigenvalue weighted by Gasteiger charge is 2.20. The molecule has 1 rings (SSSR count). The van der Waals surface area contributed by atoms with E-state index >= 15 is 0 Å². The van der Waals surface area contributed by atoms with Gasteiger partial charge < -0.3 is 9.63 Å². The molecule has 15 heavy (non-hydrogen) atoms. The summed E-state index contributed by atoms with van der Waals surface area (Å²) in [6.45, 7) is -1.15. The van der Waals surface area contributed by atoms with Gasteiger partial charge in [0.2, 0.25) is 0 Å². The summed E-state index contributed by atoms with van der Waals surface area (Å²) >= 11 is 11.5. The van der Waals surface area contributed by atoms with E-state index in [4.69, 9.17) is 32.5 Å². The number of benzene rings is 1. The fourth-order valence-corrected chi connectivity index (χ4v) is 3.28. The molecule has 0 heterocycles. The van der Waals surface area contributed by atoms with Gasteiger partial charge in [-0.1, -0.05) is 17.7 Å². The first-order chi connectivity index (χ1) is 6.94. The van der Waals surface area contributed by atoms with Crippen molar-refractivity contribution in [2.24, 2.45) is 0 Å². The zero-order valence-corrected chi connectivity index (χ0v) is 10.5. The van der Waals surface area contributed by atoms with Crippen molar-refractivity contribution < 1.29 is 14.2 Å². The first-order valence-electron chi connectivity index (χ1n) is 4.35. The number of phenols is 1. The molecule has 1 aromatic carbocycles. The predicted octanol–water partition coefficient (Wildman–Crippen LogP) is 4.01. The van der Waals surface area contributed by atoms with E-state index in [-0.39, 0.29) is 18.5 Å². The largest absolute Gasteiger partial charge is 0.508 e. The molecule has 0 aliphatic rings. The Labute approximate surface area is 98.2 Å². The maximum Gasteiger partial charge on any atom is 0.294 e. The van der Waals surface area contributed by atoms with Crippen molar-refractivity contribution in [2.75, 3.05) is 6.61 Å². The fraction of sp³-hybridized carbons (Fsp3) is 0.333. The quantitative estimate of drug-likeness (QED) is 0.840. The summed E-state index contributed by atoms with van der Waals surface area (Å²) in [5.41, 5.74) is 0.598. The third-order valence-electron chi connectivity index (χ3n) is 1.72. The van der Waals surface area contributed by atoms with Crippen molar-refractivity contribution in [3.8, 4) is 5.75 Å². The number of rotatable bonds is 4. The van der Waals surface area contributed by atoms with Crippen LogP contribution in [0.4, 0.5) is 0 Å². The minimum Gasteiger partial charge on any atom is -0.508 e. The molecule has 1 unspecified atom stereocenters. The van der Waals surface area contributed by atoms with E-state index in [1.54, 1.807) is 13.0 Å². The lowest BCUT2D eigenvalue weighted by Crippen LogP contribution is -1.90. The Hall–Kier alpha value is -0.210. The van der Waals surface area contributed by atoms with Crippen LogP contribution in [0, 0.1) is 0 Å². The van der Waals surface area contributed by atoms with Crippen LogP contribution in [0.3, 0.4) is 0 Å². The van der Waals surface area contributed by atoms with Gasteiger partial charge in [-0.2, -0.15) is 0 Å². The molecular weight excluding hydrogens is 258 g/mol. The highest BCUT2D eigenvalue weighted by Crippen LogP contribution is 2.56. The standard InChI is InChI=1S/C9H11Cl2O3P/c1-2-14-15(11,13)6-7-3-4-8(12)5-9(7)10/h3-5,12H,2,6H2,1H3. The number of hydrogen-bond donors (Lipinski definition) is 1. The van der Waals surface area contributed by atoms with Crippen LogP contribution in [-0.2, 0) is 15.3 Å². The Morgan fingerprint density at radius 1 is 1.53 bits per heavy atom. The smallest absolute Gasteiger partial charge is 0.294 e. The summed E-state index contributed by atoms with van der Waals surface area (Å²) in [6, 6.07) is 4.41. The molecule has 84 valence electrons. The molecule has 6 heteroatoms. The van der Waals surface area contributed by atoms with Crippen LogP contribution in [0.15, 0.2) is 18.2 Å². The molecular formula is C9H11Cl2O3P. The molecule has 3 nitrogen and oxygen atoms in total. The molecule has 0 aromatic heterocycles. The van der Waals surface area contributed by atoms with Gasteiger partial charge in [0.05, 0.1) is 12.8 Å². The average molecular weight is 269 g/mol. The zero-order valence-electron chi connectivity index (χ0n) is 8.11. The van der Waals surface area contributed by atoms with Gasteiger partial charge in [-0.05, 0) is 35.9 Å². The Kier molecular flexibility index (Phi) is 4.47. The summed E-state index contributed by atoms with van der Waals surface area (Å²) in [4.78, 5) is 0. The van der Waals surface area contributed by atoms with Gasteiger partial charge >= 0.3 is 0 Å².